The summed E-state index contributed by atoms with van der Waals surface area (Å²) in [5, 5.41) is 19.5. The number of rotatable bonds is 4. The van der Waals surface area contributed by atoms with Gasteiger partial charge >= 0.3 is 5.97 Å². The van der Waals surface area contributed by atoms with Gasteiger partial charge < -0.3 is 5.11 Å². The first-order valence-electron chi connectivity index (χ1n) is 5.18. The Morgan fingerprint density at radius 2 is 2.17 bits per heavy atom. The third kappa shape index (κ3) is 2.40. The van der Waals surface area contributed by atoms with Crippen LogP contribution in [0.3, 0.4) is 0 Å². The molecule has 1 heterocycles. The van der Waals surface area contributed by atoms with Crippen LogP contribution in [-0.4, -0.2) is 37.1 Å². The molecular formula is C11H10N4O3. The van der Waals surface area contributed by atoms with Crippen molar-refractivity contribution >= 4 is 11.8 Å². The smallest absolute Gasteiger partial charge is 0.311 e. The number of carbonyl (C=O) groups is 2. The maximum absolute atomic E-state index is 11.3. The molecule has 2 rings (SSSR count). The number of nitrogens with zero attached hydrogens (tertiary/aromatic N) is 4. The molecule has 1 aromatic heterocycles. The van der Waals surface area contributed by atoms with E-state index < -0.39 is 5.97 Å². The Labute approximate surface area is 102 Å². The van der Waals surface area contributed by atoms with E-state index in [9.17, 15) is 9.59 Å². The summed E-state index contributed by atoms with van der Waals surface area (Å²) < 4.78 is 1.31. The minimum Gasteiger partial charge on any atom is -0.481 e. The number of benzene rings is 1. The van der Waals surface area contributed by atoms with Crippen LogP contribution in [0.2, 0.25) is 0 Å². The molecule has 2 aromatic rings. The fourth-order valence-electron chi connectivity index (χ4n) is 1.51. The predicted octanol–water partition coefficient (Wildman–Crippen LogP) is 0.492. The van der Waals surface area contributed by atoms with Gasteiger partial charge in [0, 0.05) is 5.56 Å². The summed E-state index contributed by atoms with van der Waals surface area (Å²) in [6, 6.07) is 6.68. The first kappa shape index (κ1) is 11.9. The Morgan fingerprint density at radius 3 is 2.83 bits per heavy atom. The molecule has 0 saturated heterocycles. The van der Waals surface area contributed by atoms with Crippen molar-refractivity contribution in [2.45, 2.75) is 13.3 Å². The summed E-state index contributed by atoms with van der Waals surface area (Å²) in [4.78, 5) is 21.9. The summed E-state index contributed by atoms with van der Waals surface area (Å²) >= 11 is 0. The van der Waals surface area contributed by atoms with Crippen molar-refractivity contribution in [3.8, 4) is 5.69 Å². The molecule has 0 aliphatic carbocycles. The van der Waals surface area contributed by atoms with E-state index in [1.165, 1.54) is 11.6 Å². The zero-order valence-corrected chi connectivity index (χ0v) is 9.57. The number of hydrogen-bond donors (Lipinski definition) is 1. The Balaban J connectivity index is 2.42. The quantitative estimate of drug-likeness (QED) is 0.788. The van der Waals surface area contributed by atoms with Gasteiger partial charge in [0.1, 0.15) is 6.42 Å². The Morgan fingerprint density at radius 1 is 1.39 bits per heavy atom. The molecule has 0 spiro atoms. The van der Waals surface area contributed by atoms with Crippen molar-refractivity contribution in [2.75, 3.05) is 0 Å². The molecule has 18 heavy (non-hydrogen) atoms. The zero-order chi connectivity index (χ0) is 13.1. The number of carboxylic acids is 1. The summed E-state index contributed by atoms with van der Waals surface area (Å²) in [5.41, 5.74) is 1.08. The monoisotopic (exact) mass is 246 g/mol. The Hall–Kier alpha value is -2.57. The van der Waals surface area contributed by atoms with Crippen LogP contribution in [0.15, 0.2) is 24.3 Å². The summed E-state index contributed by atoms with van der Waals surface area (Å²) in [6.07, 6.45) is -0.280. The van der Waals surface area contributed by atoms with Crippen molar-refractivity contribution in [2.24, 2.45) is 0 Å². The number of carbonyl (C=O) groups excluding carboxylic acids is 1. The summed E-state index contributed by atoms with van der Waals surface area (Å²) in [5.74, 6) is -0.887. The van der Waals surface area contributed by atoms with Crippen LogP contribution in [0.4, 0.5) is 0 Å². The second-order valence-electron chi connectivity index (χ2n) is 3.68. The van der Waals surface area contributed by atoms with E-state index in [2.05, 4.69) is 15.5 Å². The molecular weight excluding hydrogens is 236 g/mol. The third-order valence-corrected chi connectivity index (χ3v) is 2.34. The van der Waals surface area contributed by atoms with E-state index in [-0.39, 0.29) is 18.0 Å². The number of Topliss-reactive ketones (excluding diaryl/α,β-unsaturated/α-hetero) is 1. The van der Waals surface area contributed by atoms with E-state index in [1.807, 2.05) is 0 Å². The Kier molecular flexibility index (Phi) is 3.13. The number of tetrazole rings is 1. The van der Waals surface area contributed by atoms with Gasteiger partial charge in [-0.3, -0.25) is 9.59 Å². The van der Waals surface area contributed by atoms with Crippen molar-refractivity contribution in [1.82, 2.24) is 20.2 Å². The number of ketones is 1. The molecule has 1 aromatic carbocycles. The van der Waals surface area contributed by atoms with Crippen LogP contribution in [0, 0.1) is 0 Å². The van der Waals surface area contributed by atoms with Crippen LogP contribution >= 0.6 is 0 Å². The van der Waals surface area contributed by atoms with Crippen LogP contribution in [0.25, 0.3) is 5.69 Å². The fraction of sp³-hybridized carbons (Fsp3) is 0.182. The lowest BCUT2D eigenvalue weighted by molar-refractivity contribution is -0.136. The highest BCUT2D eigenvalue weighted by atomic mass is 16.4. The van der Waals surface area contributed by atoms with Crippen molar-refractivity contribution in [3.63, 3.8) is 0 Å². The van der Waals surface area contributed by atoms with Gasteiger partial charge in [-0.25, -0.2) is 0 Å². The van der Waals surface area contributed by atoms with Crippen LogP contribution < -0.4 is 0 Å². The topological polar surface area (TPSA) is 98.0 Å². The molecule has 0 atom stereocenters. The van der Waals surface area contributed by atoms with Gasteiger partial charge in [-0.05, 0) is 29.5 Å². The number of aromatic nitrogens is 4. The molecule has 0 aliphatic heterocycles. The standard InChI is InChI=1S/C11H10N4O3/c1-7(16)8-3-2-4-9(5-8)15-10(6-11(17)18)12-13-14-15/h2-5H,6H2,1H3,(H,17,18). The van der Waals surface area contributed by atoms with Crippen molar-refractivity contribution < 1.29 is 14.7 Å². The third-order valence-electron chi connectivity index (χ3n) is 2.34. The van der Waals surface area contributed by atoms with Crippen LogP contribution in [-0.2, 0) is 11.2 Å². The molecule has 0 saturated carbocycles. The molecule has 0 fully saturated rings. The van der Waals surface area contributed by atoms with E-state index >= 15 is 0 Å². The molecule has 0 aliphatic rings. The van der Waals surface area contributed by atoms with E-state index in [4.69, 9.17) is 5.11 Å². The van der Waals surface area contributed by atoms with Crippen LogP contribution in [0.5, 0.6) is 0 Å². The van der Waals surface area contributed by atoms with E-state index in [1.54, 1.807) is 24.3 Å². The first-order valence-corrected chi connectivity index (χ1v) is 5.18. The van der Waals surface area contributed by atoms with Gasteiger partial charge in [-0.15, -0.1) is 5.10 Å². The SMILES string of the molecule is CC(=O)c1cccc(-n2nnnc2CC(=O)O)c1. The number of carboxylic acid groups (broad SMARTS) is 1. The summed E-state index contributed by atoms with van der Waals surface area (Å²) in [7, 11) is 0. The molecule has 1 N–H and O–H groups in total. The van der Waals surface area contributed by atoms with Gasteiger partial charge in [0.25, 0.3) is 0 Å². The lowest BCUT2D eigenvalue weighted by Crippen LogP contribution is -2.09. The van der Waals surface area contributed by atoms with Crippen LogP contribution in [0.1, 0.15) is 23.1 Å². The van der Waals surface area contributed by atoms with Gasteiger partial charge in [0.15, 0.2) is 11.6 Å². The molecule has 92 valence electrons. The van der Waals surface area contributed by atoms with E-state index in [0.717, 1.165) is 0 Å². The summed E-state index contributed by atoms with van der Waals surface area (Å²) in [6.45, 7) is 1.46. The molecule has 0 bridgehead atoms. The zero-order valence-electron chi connectivity index (χ0n) is 9.57. The highest BCUT2D eigenvalue weighted by Crippen LogP contribution is 2.11. The van der Waals surface area contributed by atoms with Crippen molar-refractivity contribution in [3.05, 3.63) is 35.7 Å². The fourth-order valence-corrected chi connectivity index (χ4v) is 1.51. The van der Waals surface area contributed by atoms with Gasteiger partial charge in [-0.2, -0.15) is 4.68 Å². The van der Waals surface area contributed by atoms with Crippen molar-refractivity contribution in [1.29, 1.82) is 0 Å². The molecule has 7 heteroatoms. The minimum absolute atomic E-state index is 0.0790. The molecule has 0 radical (unpaired) electrons. The predicted molar refractivity (Wildman–Crippen MR) is 60.5 cm³/mol. The second kappa shape index (κ2) is 4.74. The second-order valence-corrected chi connectivity index (χ2v) is 3.68. The first-order chi connectivity index (χ1) is 8.58. The minimum atomic E-state index is -1.02. The Bertz CT molecular complexity index is 606. The average Bonchev–Trinajstić information content (AvgIpc) is 2.76. The average molecular weight is 246 g/mol. The highest BCUT2D eigenvalue weighted by molar-refractivity contribution is 5.94. The maximum atomic E-state index is 11.3. The van der Waals surface area contributed by atoms with Gasteiger partial charge in [0.2, 0.25) is 0 Å². The number of hydrogen-bond acceptors (Lipinski definition) is 5. The van der Waals surface area contributed by atoms with E-state index in [0.29, 0.717) is 11.3 Å². The van der Waals surface area contributed by atoms with Gasteiger partial charge in [-0.1, -0.05) is 12.1 Å². The highest BCUT2D eigenvalue weighted by Gasteiger charge is 2.12. The van der Waals surface area contributed by atoms with Gasteiger partial charge in [0.05, 0.1) is 5.69 Å². The lowest BCUT2D eigenvalue weighted by Gasteiger charge is -2.04. The molecule has 7 nitrogen and oxygen atoms in total. The largest absolute Gasteiger partial charge is 0.481 e. The maximum Gasteiger partial charge on any atom is 0.311 e. The normalized spacial score (nSPS) is 10.3. The number of aliphatic carboxylic acids is 1. The molecule has 0 amide bonds. The lowest BCUT2D eigenvalue weighted by atomic mass is 10.1. The molecule has 0 unspecified atom stereocenters.